The molecule has 1 fully saturated rings. The highest BCUT2D eigenvalue weighted by atomic mass is 16.5. The minimum atomic E-state index is -0.619. The molecular formula is C26H31N3O4. The van der Waals surface area contributed by atoms with Gasteiger partial charge in [-0.05, 0) is 62.7 Å². The molecule has 2 amide bonds. The highest BCUT2D eigenvalue weighted by Crippen LogP contribution is 2.34. The van der Waals surface area contributed by atoms with Crippen LogP contribution in [0.5, 0.6) is 11.5 Å². The van der Waals surface area contributed by atoms with E-state index in [1.54, 1.807) is 18.9 Å². The normalized spacial score (nSPS) is 19.3. The summed E-state index contributed by atoms with van der Waals surface area (Å²) >= 11 is 0. The summed E-state index contributed by atoms with van der Waals surface area (Å²) in [5.74, 6) is 0.942. The first-order valence-corrected chi connectivity index (χ1v) is 11.6. The number of piperidine rings is 1. The smallest absolute Gasteiger partial charge is 0.338 e. The summed E-state index contributed by atoms with van der Waals surface area (Å²) in [6.07, 6.45) is 3.47. The van der Waals surface area contributed by atoms with Crippen molar-refractivity contribution in [1.82, 2.24) is 15.1 Å². The molecule has 2 heterocycles. The second-order valence-corrected chi connectivity index (χ2v) is 8.35. The molecule has 174 valence electrons. The summed E-state index contributed by atoms with van der Waals surface area (Å²) < 4.78 is 11.4. The average Bonchev–Trinajstić information content (AvgIpc) is 2.83. The number of esters is 1. The Bertz CT molecular complexity index is 1020. The van der Waals surface area contributed by atoms with Gasteiger partial charge in [-0.2, -0.15) is 0 Å². The maximum absolute atomic E-state index is 13.2. The molecule has 0 aliphatic carbocycles. The Kier molecular flexibility index (Phi) is 7.29. The molecule has 2 aromatic carbocycles. The number of carbonyl (C=O) groups excluding carboxylic acids is 2. The number of likely N-dealkylation sites (tertiary alicyclic amines) is 1. The van der Waals surface area contributed by atoms with Gasteiger partial charge in [-0.1, -0.05) is 36.8 Å². The molecular weight excluding hydrogens is 418 g/mol. The fourth-order valence-corrected chi connectivity index (χ4v) is 4.36. The number of nitrogens with zero attached hydrogens (tertiary/aromatic N) is 2. The molecule has 0 unspecified atom stereocenters. The molecule has 0 bridgehead atoms. The van der Waals surface area contributed by atoms with Gasteiger partial charge in [-0.15, -0.1) is 0 Å². The molecule has 2 aliphatic heterocycles. The fraction of sp³-hybridized carbons (Fsp3) is 0.385. The van der Waals surface area contributed by atoms with E-state index in [1.807, 2.05) is 54.6 Å². The highest BCUT2D eigenvalue weighted by Gasteiger charge is 2.37. The highest BCUT2D eigenvalue weighted by molar-refractivity contribution is 5.95. The lowest BCUT2D eigenvalue weighted by Crippen LogP contribution is -2.49. The molecule has 1 saturated heterocycles. The van der Waals surface area contributed by atoms with E-state index >= 15 is 0 Å². The fourth-order valence-electron chi connectivity index (χ4n) is 4.36. The van der Waals surface area contributed by atoms with Gasteiger partial charge in [0.25, 0.3) is 0 Å². The summed E-state index contributed by atoms with van der Waals surface area (Å²) in [5, 5.41) is 2.98. The number of carbonyl (C=O) groups is 2. The van der Waals surface area contributed by atoms with Crippen molar-refractivity contribution in [2.45, 2.75) is 32.2 Å². The lowest BCUT2D eigenvalue weighted by Gasteiger charge is -2.37. The lowest BCUT2D eigenvalue weighted by molar-refractivity contribution is -0.139. The number of urea groups is 1. The van der Waals surface area contributed by atoms with E-state index in [0.717, 1.165) is 31.5 Å². The summed E-state index contributed by atoms with van der Waals surface area (Å²) in [4.78, 5) is 29.9. The van der Waals surface area contributed by atoms with Crippen LogP contribution < -0.4 is 10.1 Å². The van der Waals surface area contributed by atoms with Crippen LogP contribution in [-0.2, 0) is 9.53 Å². The monoisotopic (exact) mass is 449 g/mol. The van der Waals surface area contributed by atoms with Crippen LogP contribution in [0.3, 0.4) is 0 Å². The zero-order valence-electron chi connectivity index (χ0n) is 19.3. The SMILES string of the molecule is CCOC(=O)C1=C(CN2CCCCC2)N(C)C(=O)N[C@H]1c1cccc(Oc2ccccc2)c1. The van der Waals surface area contributed by atoms with Gasteiger partial charge in [-0.3, -0.25) is 9.80 Å². The van der Waals surface area contributed by atoms with Gasteiger partial charge in [0.2, 0.25) is 0 Å². The summed E-state index contributed by atoms with van der Waals surface area (Å²) in [7, 11) is 1.71. The number of hydrogen-bond acceptors (Lipinski definition) is 5. The minimum absolute atomic E-state index is 0.241. The minimum Gasteiger partial charge on any atom is -0.463 e. The zero-order valence-corrected chi connectivity index (χ0v) is 19.3. The van der Waals surface area contributed by atoms with Gasteiger partial charge in [0.15, 0.2) is 0 Å². The standard InChI is InChI=1S/C26H31N3O4/c1-3-32-25(30)23-22(18-29-15-8-5-9-16-29)28(2)26(31)27-24(23)19-11-10-14-21(17-19)33-20-12-6-4-7-13-20/h4,6-7,10-14,17,24H,3,5,8-9,15-16,18H2,1-2H3,(H,27,31)/t24-/m0/s1. The van der Waals surface area contributed by atoms with E-state index in [4.69, 9.17) is 9.47 Å². The van der Waals surface area contributed by atoms with Crippen LogP contribution in [0.4, 0.5) is 4.79 Å². The first kappa shape index (κ1) is 22.9. The Hall–Kier alpha value is -3.32. The van der Waals surface area contributed by atoms with E-state index in [-0.39, 0.29) is 12.6 Å². The first-order valence-electron chi connectivity index (χ1n) is 11.6. The molecule has 2 aromatic rings. The van der Waals surface area contributed by atoms with Gasteiger partial charge in [0.05, 0.1) is 18.2 Å². The van der Waals surface area contributed by atoms with E-state index in [0.29, 0.717) is 29.3 Å². The third-order valence-corrected chi connectivity index (χ3v) is 6.06. The lowest BCUT2D eigenvalue weighted by atomic mass is 9.94. The number of ether oxygens (including phenoxy) is 2. The van der Waals surface area contributed by atoms with Crippen molar-refractivity contribution >= 4 is 12.0 Å². The van der Waals surface area contributed by atoms with Gasteiger partial charge < -0.3 is 14.8 Å². The molecule has 1 N–H and O–H groups in total. The van der Waals surface area contributed by atoms with Crippen LogP contribution in [0.25, 0.3) is 0 Å². The topological polar surface area (TPSA) is 71.1 Å². The number of benzene rings is 2. The van der Waals surface area contributed by atoms with Crippen LogP contribution in [0.1, 0.15) is 37.8 Å². The van der Waals surface area contributed by atoms with Crippen LogP contribution in [-0.4, -0.2) is 55.1 Å². The van der Waals surface area contributed by atoms with E-state index < -0.39 is 12.0 Å². The van der Waals surface area contributed by atoms with Crippen molar-refractivity contribution in [2.75, 3.05) is 33.3 Å². The average molecular weight is 450 g/mol. The predicted octanol–water partition coefficient (Wildman–Crippen LogP) is 4.48. The number of hydrogen-bond donors (Lipinski definition) is 1. The van der Waals surface area contributed by atoms with E-state index in [9.17, 15) is 9.59 Å². The molecule has 0 radical (unpaired) electrons. The van der Waals surface area contributed by atoms with Crippen LogP contribution in [0, 0.1) is 0 Å². The number of amides is 2. The third-order valence-electron chi connectivity index (χ3n) is 6.06. The Morgan fingerprint density at radius 2 is 1.76 bits per heavy atom. The second-order valence-electron chi connectivity index (χ2n) is 8.35. The Morgan fingerprint density at radius 1 is 1.03 bits per heavy atom. The summed E-state index contributed by atoms with van der Waals surface area (Å²) in [5.41, 5.74) is 1.93. The molecule has 0 spiro atoms. The van der Waals surface area contributed by atoms with E-state index in [1.165, 1.54) is 6.42 Å². The summed E-state index contributed by atoms with van der Waals surface area (Å²) in [6, 6.07) is 16.1. The predicted molar refractivity (Wildman–Crippen MR) is 126 cm³/mol. The maximum Gasteiger partial charge on any atom is 0.338 e. The van der Waals surface area contributed by atoms with Crippen molar-refractivity contribution in [1.29, 1.82) is 0 Å². The van der Waals surface area contributed by atoms with Gasteiger partial charge in [-0.25, -0.2) is 9.59 Å². The van der Waals surface area contributed by atoms with Gasteiger partial charge in [0.1, 0.15) is 11.5 Å². The van der Waals surface area contributed by atoms with Crippen molar-refractivity contribution < 1.29 is 19.1 Å². The Balaban J connectivity index is 1.71. The Labute approximate surface area is 195 Å². The first-order chi connectivity index (χ1) is 16.1. The zero-order chi connectivity index (χ0) is 23.2. The summed E-state index contributed by atoms with van der Waals surface area (Å²) in [6.45, 7) is 4.51. The molecule has 0 saturated carbocycles. The Morgan fingerprint density at radius 3 is 2.48 bits per heavy atom. The van der Waals surface area contributed by atoms with Gasteiger partial charge >= 0.3 is 12.0 Å². The quantitative estimate of drug-likeness (QED) is 0.631. The van der Waals surface area contributed by atoms with Gasteiger partial charge in [0, 0.05) is 19.3 Å². The van der Waals surface area contributed by atoms with E-state index in [2.05, 4.69) is 10.2 Å². The third kappa shape index (κ3) is 5.37. The number of para-hydroxylation sites is 1. The van der Waals surface area contributed by atoms with Crippen LogP contribution >= 0.6 is 0 Å². The number of rotatable bonds is 7. The van der Waals surface area contributed by atoms with Crippen molar-refractivity contribution in [3.8, 4) is 11.5 Å². The molecule has 7 nitrogen and oxygen atoms in total. The van der Waals surface area contributed by atoms with Crippen molar-refractivity contribution in [3.63, 3.8) is 0 Å². The van der Waals surface area contributed by atoms with Crippen molar-refractivity contribution in [3.05, 3.63) is 71.4 Å². The molecule has 7 heteroatoms. The number of nitrogens with one attached hydrogen (secondary N) is 1. The maximum atomic E-state index is 13.2. The van der Waals surface area contributed by atoms with Crippen LogP contribution in [0.15, 0.2) is 65.9 Å². The molecule has 33 heavy (non-hydrogen) atoms. The van der Waals surface area contributed by atoms with Crippen molar-refractivity contribution in [2.24, 2.45) is 0 Å². The number of likely N-dealkylation sites (N-methyl/N-ethyl adjacent to an activating group) is 1. The molecule has 0 aromatic heterocycles. The second kappa shape index (κ2) is 10.5. The van der Waals surface area contributed by atoms with Crippen LogP contribution in [0.2, 0.25) is 0 Å². The molecule has 1 atom stereocenters. The molecule has 4 rings (SSSR count). The molecule has 2 aliphatic rings. The largest absolute Gasteiger partial charge is 0.463 e.